The maximum absolute atomic E-state index is 13.1. The van der Waals surface area contributed by atoms with E-state index in [1.165, 1.54) is 0 Å². The SMILES string of the molecule is CCOC(=O)C1CCN(C(=O)CCC(=O)NC(C=O)[C@@H](C)CN[C@@H](CCCNC(N)=O)C(=O)Nc2ccc(CN)cc2)CC1. The summed E-state index contributed by atoms with van der Waals surface area (Å²) in [7, 11) is 0. The number of nitrogens with two attached hydrogens (primary N) is 2. The number of aldehydes is 1. The van der Waals surface area contributed by atoms with Gasteiger partial charge in [0.25, 0.3) is 0 Å². The van der Waals surface area contributed by atoms with Crippen molar-refractivity contribution in [1.82, 2.24) is 20.9 Å². The number of esters is 1. The van der Waals surface area contributed by atoms with Crippen molar-refractivity contribution in [2.75, 3.05) is 38.1 Å². The third-order valence-electron chi connectivity index (χ3n) is 7.55. The van der Waals surface area contributed by atoms with E-state index in [1.807, 2.05) is 12.1 Å². The van der Waals surface area contributed by atoms with Gasteiger partial charge in [0.05, 0.1) is 24.6 Å². The van der Waals surface area contributed by atoms with Crippen LogP contribution >= 0.6 is 0 Å². The van der Waals surface area contributed by atoms with Crippen LogP contribution in [0.25, 0.3) is 0 Å². The highest BCUT2D eigenvalue weighted by atomic mass is 16.5. The number of primary amides is 1. The zero-order valence-corrected chi connectivity index (χ0v) is 25.6. The number of rotatable bonds is 18. The van der Waals surface area contributed by atoms with Gasteiger partial charge in [0.15, 0.2) is 0 Å². The average Bonchev–Trinajstić information content (AvgIpc) is 3.02. The lowest BCUT2D eigenvalue weighted by molar-refractivity contribution is -0.151. The Morgan fingerprint density at radius 2 is 1.77 bits per heavy atom. The molecule has 14 nitrogen and oxygen atoms in total. The molecular weight excluding hydrogens is 570 g/mol. The van der Waals surface area contributed by atoms with Crippen molar-refractivity contribution >= 4 is 41.7 Å². The van der Waals surface area contributed by atoms with Crippen molar-refractivity contribution in [2.24, 2.45) is 23.3 Å². The van der Waals surface area contributed by atoms with E-state index in [2.05, 4.69) is 21.3 Å². The smallest absolute Gasteiger partial charge is 0.312 e. The summed E-state index contributed by atoms with van der Waals surface area (Å²) in [6.45, 7) is 5.59. The summed E-state index contributed by atoms with van der Waals surface area (Å²) in [5.74, 6) is -1.75. The molecule has 0 aromatic heterocycles. The Bertz CT molecular complexity index is 1110. The van der Waals surface area contributed by atoms with E-state index >= 15 is 0 Å². The topological polar surface area (TPSA) is 215 Å². The predicted octanol–water partition coefficient (Wildman–Crippen LogP) is 0.392. The van der Waals surface area contributed by atoms with Gasteiger partial charge in [-0.2, -0.15) is 0 Å². The molecule has 1 unspecified atom stereocenters. The van der Waals surface area contributed by atoms with Gasteiger partial charge in [0.1, 0.15) is 6.29 Å². The van der Waals surface area contributed by atoms with E-state index in [9.17, 15) is 28.8 Å². The number of hydrogen-bond acceptors (Lipinski definition) is 9. The summed E-state index contributed by atoms with van der Waals surface area (Å²) in [4.78, 5) is 74.7. The molecule has 2 rings (SSSR count). The first-order valence-electron chi connectivity index (χ1n) is 15.1. The number of ether oxygens (including phenoxy) is 1. The second-order valence-corrected chi connectivity index (χ2v) is 10.9. The number of carbonyl (C=O) groups excluding carboxylic acids is 6. The first kappa shape index (κ1) is 36.2. The molecule has 5 amide bonds. The lowest BCUT2D eigenvalue weighted by Crippen LogP contribution is -2.48. The molecule has 1 aromatic carbocycles. The van der Waals surface area contributed by atoms with E-state index in [-0.39, 0.29) is 55.6 Å². The number of hydrogen-bond donors (Lipinski definition) is 6. The quantitative estimate of drug-likeness (QED) is 0.0762. The number of urea groups is 1. The van der Waals surface area contributed by atoms with Crippen LogP contribution in [0.15, 0.2) is 24.3 Å². The number of piperidine rings is 1. The highest BCUT2D eigenvalue weighted by Gasteiger charge is 2.29. The molecule has 244 valence electrons. The van der Waals surface area contributed by atoms with E-state index in [0.717, 1.165) is 5.56 Å². The molecule has 1 fully saturated rings. The molecular formula is C30H47N7O7. The fourth-order valence-electron chi connectivity index (χ4n) is 4.82. The number of carbonyl (C=O) groups is 6. The van der Waals surface area contributed by atoms with Gasteiger partial charge in [0.2, 0.25) is 17.7 Å². The van der Waals surface area contributed by atoms with Crippen molar-refractivity contribution in [2.45, 2.75) is 71.0 Å². The van der Waals surface area contributed by atoms with Gasteiger partial charge in [-0.1, -0.05) is 19.1 Å². The molecule has 1 heterocycles. The summed E-state index contributed by atoms with van der Waals surface area (Å²) in [6.07, 6.45) is 2.43. The van der Waals surface area contributed by atoms with Gasteiger partial charge in [0, 0.05) is 51.3 Å². The standard InChI is InChI=1S/C30H47N7O7/c1-3-44-29(42)22-12-15-37(16-13-22)27(40)11-10-26(39)36-25(19-38)20(2)18-34-24(5-4-14-33-30(32)43)28(41)35-23-8-6-21(17-31)7-9-23/h6-9,19-20,22,24-25,34H,3-5,10-18,31H2,1-2H3,(H,35,41)(H,36,39)(H3,32,33,43)/t20-,24-,25?/m0/s1. The molecule has 1 aliphatic rings. The van der Waals surface area contributed by atoms with Crippen molar-refractivity contribution in [1.29, 1.82) is 0 Å². The molecule has 1 saturated heterocycles. The van der Waals surface area contributed by atoms with Crippen LogP contribution in [0.3, 0.4) is 0 Å². The van der Waals surface area contributed by atoms with Crippen molar-refractivity contribution < 1.29 is 33.5 Å². The highest BCUT2D eigenvalue weighted by molar-refractivity contribution is 5.94. The van der Waals surface area contributed by atoms with Gasteiger partial charge in [-0.3, -0.25) is 19.2 Å². The molecule has 3 atom stereocenters. The second kappa shape index (κ2) is 19.3. The zero-order chi connectivity index (χ0) is 32.5. The van der Waals surface area contributed by atoms with E-state index in [4.69, 9.17) is 16.2 Å². The third kappa shape index (κ3) is 12.7. The molecule has 0 radical (unpaired) electrons. The number of likely N-dealkylation sites (tertiary alicyclic amines) is 1. The van der Waals surface area contributed by atoms with Gasteiger partial charge >= 0.3 is 12.0 Å². The van der Waals surface area contributed by atoms with Crippen LogP contribution in [0.2, 0.25) is 0 Å². The summed E-state index contributed by atoms with van der Waals surface area (Å²) in [5.41, 5.74) is 12.3. The molecule has 8 N–H and O–H groups in total. The normalized spacial score (nSPS) is 15.4. The first-order valence-corrected chi connectivity index (χ1v) is 15.1. The molecule has 1 aromatic rings. The zero-order valence-electron chi connectivity index (χ0n) is 25.6. The average molecular weight is 618 g/mol. The van der Waals surface area contributed by atoms with Crippen LogP contribution in [-0.4, -0.2) is 85.8 Å². The number of anilines is 1. The van der Waals surface area contributed by atoms with Crippen LogP contribution < -0.4 is 32.7 Å². The largest absolute Gasteiger partial charge is 0.466 e. The van der Waals surface area contributed by atoms with Crippen molar-refractivity contribution in [3.63, 3.8) is 0 Å². The van der Waals surface area contributed by atoms with Gasteiger partial charge in [-0.15, -0.1) is 0 Å². The highest BCUT2D eigenvalue weighted by Crippen LogP contribution is 2.19. The second-order valence-electron chi connectivity index (χ2n) is 10.9. The maximum Gasteiger partial charge on any atom is 0.312 e. The molecule has 14 heteroatoms. The number of benzene rings is 1. The first-order chi connectivity index (χ1) is 21.1. The van der Waals surface area contributed by atoms with Crippen molar-refractivity contribution in [3.05, 3.63) is 29.8 Å². The van der Waals surface area contributed by atoms with Gasteiger partial charge in [-0.25, -0.2) is 4.79 Å². The Hall–Kier alpha value is -4.04. The lowest BCUT2D eigenvalue weighted by atomic mass is 9.96. The summed E-state index contributed by atoms with van der Waals surface area (Å²) >= 11 is 0. The van der Waals surface area contributed by atoms with Crippen LogP contribution in [0.5, 0.6) is 0 Å². The molecule has 0 aliphatic carbocycles. The number of nitrogens with zero attached hydrogens (tertiary/aromatic N) is 1. The molecule has 0 saturated carbocycles. The molecule has 1 aliphatic heterocycles. The predicted molar refractivity (Wildman–Crippen MR) is 164 cm³/mol. The molecule has 44 heavy (non-hydrogen) atoms. The Balaban J connectivity index is 1.85. The summed E-state index contributed by atoms with van der Waals surface area (Å²) in [5, 5.41) is 11.2. The fourth-order valence-corrected chi connectivity index (χ4v) is 4.82. The number of amides is 5. The van der Waals surface area contributed by atoms with Crippen molar-refractivity contribution in [3.8, 4) is 0 Å². The van der Waals surface area contributed by atoms with E-state index in [1.54, 1.807) is 30.9 Å². The summed E-state index contributed by atoms with van der Waals surface area (Å²) in [6, 6.07) is 4.98. The molecule has 0 spiro atoms. The summed E-state index contributed by atoms with van der Waals surface area (Å²) < 4.78 is 5.06. The minimum absolute atomic E-state index is 0.0119. The Morgan fingerprint density at radius 1 is 1.09 bits per heavy atom. The number of nitrogens with one attached hydrogen (secondary N) is 4. The molecule has 0 bridgehead atoms. The lowest BCUT2D eigenvalue weighted by Gasteiger charge is -2.31. The minimum atomic E-state index is -0.838. The fraction of sp³-hybridized carbons (Fsp3) is 0.600. The van der Waals surface area contributed by atoms with Crippen LogP contribution in [0.4, 0.5) is 10.5 Å². The third-order valence-corrected chi connectivity index (χ3v) is 7.55. The maximum atomic E-state index is 13.1. The monoisotopic (exact) mass is 617 g/mol. The van der Waals surface area contributed by atoms with Gasteiger partial charge < -0.3 is 47.2 Å². The van der Waals surface area contributed by atoms with Gasteiger partial charge in [-0.05, 0) is 56.2 Å². The van der Waals surface area contributed by atoms with E-state index in [0.29, 0.717) is 63.9 Å². The van der Waals surface area contributed by atoms with Crippen LogP contribution in [0, 0.1) is 11.8 Å². The van der Waals surface area contributed by atoms with Crippen LogP contribution in [0.1, 0.15) is 57.9 Å². The Morgan fingerprint density at radius 3 is 2.36 bits per heavy atom. The minimum Gasteiger partial charge on any atom is -0.466 e. The van der Waals surface area contributed by atoms with Crippen LogP contribution in [-0.2, 0) is 35.3 Å². The van der Waals surface area contributed by atoms with E-state index < -0.39 is 24.0 Å². The Kier molecular flexibility index (Phi) is 15.8. The Labute approximate surface area is 258 Å².